The standard InChI is InChI=1S/C18H23N3O2/c1-12-5-2-3-9-20(12)18(23)13-7-8-15-14(11-13)19-17(22)16-6-4-10-21(15)16/h7-8,11-12,16H,2-6,9-10H2,1H3,(H,19,22). The number of hydrogen-bond donors (Lipinski definition) is 1. The lowest BCUT2D eigenvalue weighted by atomic mass is 10.0. The summed E-state index contributed by atoms with van der Waals surface area (Å²) in [5, 5.41) is 2.99. The van der Waals surface area contributed by atoms with Crippen LogP contribution < -0.4 is 10.2 Å². The third kappa shape index (κ3) is 2.38. The monoisotopic (exact) mass is 313 g/mol. The molecule has 1 aromatic rings. The Morgan fingerprint density at radius 2 is 2.04 bits per heavy atom. The van der Waals surface area contributed by atoms with Gasteiger partial charge >= 0.3 is 0 Å². The fraction of sp³-hybridized carbons (Fsp3) is 0.556. The molecule has 2 unspecified atom stereocenters. The Hall–Kier alpha value is -2.04. The van der Waals surface area contributed by atoms with Crippen molar-refractivity contribution in [3.05, 3.63) is 23.8 Å². The van der Waals surface area contributed by atoms with Crippen LogP contribution in [0.4, 0.5) is 11.4 Å². The van der Waals surface area contributed by atoms with E-state index in [1.165, 1.54) is 6.42 Å². The predicted octanol–water partition coefficient (Wildman–Crippen LogP) is 2.62. The van der Waals surface area contributed by atoms with Crippen LogP contribution >= 0.6 is 0 Å². The molecule has 0 bridgehead atoms. The highest BCUT2D eigenvalue weighted by Gasteiger charge is 2.36. The third-order valence-corrected chi connectivity index (χ3v) is 5.43. The lowest BCUT2D eigenvalue weighted by Gasteiger charge is -2.35. The molecule has 0 spiro atoms. The van der Waals surface area contributed by atoms with Gasteiger partial charge in [0, 0.05) is 24.7 Å². The van der Waals surface area contributed by atoms with Gasteiger partial charge in [-0.1, -0.05) is 0 Å². The number of anilines is 2. The van der Waals surface area contributed by atoms with Gasteiger partial charge in [0.2, 0.25) is 5.91 Å². The van der Waals surface area contributed by atoms with Crippen molar-refractivity contribution in [3.8, 4) is 0 Å². The summed E-state index contributed by atoms with van der Waals surface area (Å²) in [6, 6.07) is 6.02. The number of carbonyl (C=O) groups is 2. The molecule has 23 heavy (non-hydrogen) atoms. The van der Waals surface area contributed by atoms with Gasteiger partial charge in [-0.2, -0.15) is 0 Å². The molecule has 2 amide bonds. The van der Waals surface area contributed by atoms with Crippen molar-refractivity contribution in [1.82, 2.24) is 4.90 Å². The molecule has 5 heteroatoms. The molecule has 0 aromatic heterocycles. The summed E-state index contributed by atoms with van der Waals surface area (Å²) in [6.45, 7) is 3.87. The molecule has 0 radical (unpaired) electrons. The zero-order valence-electron chi connectivity index (χ0n) is 13.5. The van der Waals surface area contributed by atoms with E-state index >= 15 is 0 Å². The van der Waals surface area contributed by atoms with Crippen LogP contribution in [0.1, 0.15) is 49.4 Å². The number of likely N-dealkylation sites (tertiary alicyclic amines) is 1. The number of nitrogens with zero attached hydrogens (tertiary/aromatic N) is 2. The van der Waals surface area contributed by atoms with E-state index in [0.717, 1.165) is 50.1 Å². The third-order valence-electron chi connectivity index (χ3n) is 5.43. The Bertz CT molecular complexity index is 658. The summed E-state index contributed by atoms with van der Waals surface area (Å²) in [5.74, 6) is 0.142. The number of hydrogen-bond acceptors (Lipinski definition) is 3. The van der Waals surface area contributed by atoms with Crippen LogP contribution in [-0.2, 0) is 4.79 Å². The first-order valence-corrected chi connectivity index (χ1v) is 8.67. The Morgan fingerprint density at radius 3 is 2.87 bits per heavy atom. The van der Waals surface area contributed by atoms with Crippen LogP contribution in [-0.4, -0.2) is 41.9 Å². The van der Waals surface area contributed by atoms with Gasteiger partial charge in [-0.3, -0.25) is 9.59 Å². The SMILES string of the molecule is CC1CCCCN1C(=O)c1ccc2c(c1)NC(=O)C1CCCN21. The first-order chi connectivity index (χ1) is 11.1. The highest BCUT2D eigenvalue weighted by molar-refractivity contribution is 6.06. The van der Waals surface area contributed by atoms with Crippen molar-refractivity contribution >= 4 is 23.2 Å². The van der Waals surface area contributed by atoms with E-state index in [1.807, 2.05) is 23.1 Å². The van der Waals surface area contributed by atoms with Gasteiger partial charge in [0.25, 0.3) is 5.91 Å². The Kier molecular flexibility index (Phi) is 3.51. The molecule has 3 aliphatic rings. The molecule has 2 fully saturated rings. The van der Waals surface area contributed by atoms with Crippen molar-refractivity contribution in [3.63, 3.8) is 0 Å². The largest absolute Gasteiger partial charge is 0.358 e. The first kappa shape index (κ1) is 14.5. The summed E-state index contributed by atoms with van der Waals surface area (Å²) in [6.07, 6.45) is 5.30. The summed E-state index contributed by atoms with van der Waals surface area (Å²) in [4.78, 5) is 29.2. The van der Waals surface area contributed by atoms with Gasteiger partial charge in [0.15, 0.2) is 0 Å². The molecule has 5 nitrogen and oxygen atoms in total. The number of piperidine rings is 1. The fourth-order valence-corrected chi connectivity index (χ4v) is 4.13. The molecule has 1 aromatic carbocycles. The van der Waals surface area contributed by atoms with Crippen molar-refractivity contribution in [1.29, 1.82) is 0 Å². The molecule has 122 valence electrons. The second kappa shape index (κ2) is 5.55. The van der Waals surface area contributed by atoms with Gasteiger partial charge in [-0.05, 0) is 57.2 Å². The minimum absolute atomic E-state index is 0.0360. The minimum atomic E-state index is -0.0360. The molecule has 4 rings (SSSR count). The maximum atomic E-state index is 12.8. The van der Waals surface area contributed by atoms with E-state index in [4.69, 9.17) is 0 Å². The van der Waals surface area contributed by atoms with Crippen molar-refractivity contribution in [2.75, 3.05) is 23.3 Å². The zero-order chi connectivity index (χ0) is 16.0. The van der Waals surface area contributed by atoms with E-state index in [9.17, 15) is 9.59 Å². The molecule has 3 aliphatic heterocycles. The normalized spacial score (nSPS) is 26.6. The second-order valence-corrected chi connectivity index (χ2v) is 6.92. The van der Waals surface area contributed by atoms with Crippen LogP contribution in [0.25, 0.3) is 0 Å². The molecular formula is C18H23N3O2. The highest BCUT2D eigenvalue weighted by Crippen LogP contribution is 2.37. The first-order valence-electron chi connectivity index (χ1n) is 8.67. The Morgan fingerprint density at radius 1 is 1.17 bits per heavy atom. The highest BCUT2D eigenvalue weighted by atomic mass is 16.2. The number of benzene rings is 1. The van der Waals surface area contributed by atoms with E-state index in [-0.39, 0.29) is 17.9 Å². The van der Waals surface area contributed by atoms with E-state index in [0.29, 0.717) is 11.6 Å². The van der Waals surface area contributed by atoms with Crippen LogP contribution in [0.15, 0.2) is 18.2 Å². The molecule has 1 N–H and O–H groups in total. The minimum Gasteiger partial charge on any atom is -0.358 e. The molecule has 0 aliphatic carbocycles. The number of carbonyl (C=O) groups excluding carboxylic acids is 2. The molecule has 2 saturated heterocycles. The van der Waals surface area contributed by atoms with Crippen LogP contribution in [0.2, 0.25) is 0 Å². The average molecular weight is 313 g/mol. The van der Waals surface area contributed by atoms with Gasteiger partial charge < -0.3 is 15.1 Å². The second-order valence-electron chi connectivity index (χ2n) is 6.92. The summed E-state index contributed by atoms with van der Waals surface area (Å²) >= 11 is 0. The van der Waals surface area contributed by atoms with Gasteiger partial charge in [0.1, 0.15) is 6.04 Å². The number of amides is 2. The summed E-state index contributed by atoms with van der Waals surface area (Å²) in [5.41, 5.74) is 2.51. The van der Waals surface area contributed by atoms with Crippen molar-refractivity contribution in [2.24, 2.45) is 0 Å². The van der Waals surface area contributed by atoms with Gasteiger partial charge in [-0.25, -0.2) is 0 Å². The predicted molar refractivity (Wildman–Crippen MR) is 89.8 cm³/mol. The van der Waals surface area contributed by atoms with Gasteiger partial charge in [-0.15, -0.1) is 0 Å². The van der Waals surface area contributed by atoms with E-state index < -0.39 is 0 Å². The number of rotatable bonds is 1. The topological polar surface area (TPSA) is 52.7 Å². The zero-order valence-corrected chi connectivity index (χ0v) is 13.5. The maximum Gasteiger partial charge on any atom is 0.254 e. The summed E-state index contributed by atoms with van der Waals surface area (Å²) in [7, 11) is 0. The van der Waals surface area contributed by atoms with E-state index in [2.05, 4.69) is 17.1 Å². The quantitative estimate of drug-likeness (QED) is 0.867. The number of nitrogens with one attached hydrogen (secondary N) is 1. The van der Waals surface area contributed by atoms with Crippen molar-refractivity contribution < 1.29 is 9.59 Å². The smallest absolute Gasteiger partial charge is 0.254 e. The summed E-state index contributed by atoms with van der Waals surface area (Å²) < 4.78 is 0. The average Bonchev–Trinajstić information content (AvgIpc) is 3.05. The fourth-order valence-electron chi connectivity index (χ4n) is 4.13. The van der Waals surface area contributed by atoms with Crippen molar-refractivity contribution in [2.45, 2.75) is 51.1 Å². The molecular weight excluding hydrogens is 290 g/mol. The number of fused-ring (bicyclic) bond motifs is 3. The Labute approximate surface area is 136 Å². The van der Waals surface area contributed by atoms with Crippen LogP contribution in [0.5, 0.6) is 0 Å². The lowest BCUT2D eigenvalue weighted by molar-refractivity contribution is -0.117. The van der Waals surface area contributed by atoms with Crippen LogP contribution in [0.3, 0.4) is 0 Å². The van der Waals surface area contributed by atoms with E-state index in [1.54, 1.807) is 0 Å². The van der Waals surface area contributed by atoms with Gasteiger partial charge in [0.05, 0.1) is 11.4 Å². The Balaban J connectivity index is 1.63. The maximum absolute atomic E-state index is 12.8. The molecule has 0 saturated carbocycles. The molecule has 3 heterocycles. The lowest BCUT2D eigenvalue weighted by Crippen LogP contribution is -2.44. The molecule has 2 atom stereocenters. The van der Waals surface area contributed by atoms with Crippen LogP contribution in [0, 0.1) is 0 Å².